The maximum Gasteiger partial charge on any atom is 0.266 e. The van der Waals surface area contributed by atoms with E-state index in [4.69, 9.17) is 9.97 Å². The number of nitrogens with one attached hydrogen (secondary N) is 1. The Hall–Kier alpha value is -2.51. The number of likely N-dealkylation sites (N-methyl/N-ethyl adjacent to an activating group) is 1. The van der Waals surface area contributed by atoms with Gasteiger partial charge < -0.3 is 15.1 Å². The van der Waals surface area contributed by atoms with Crippen LogP contribution in [0, 0.1) is 13.8 Å². The number of fused-ring (bicyclic) bond motifs is 1. The summed E-state index contributed by atoms with van der Waals surface area (Å²) in [4.78, 5) is 28.8. The van der Waals surface area contributed by atoms with Crippen LogP contribution in [-0.4, -0.2) is 54.0 Å². The van der Waals surface area contributed by atoms with E-state index >= 15 is 0 Å². The van der Waals surface area contributed by atoms with Crippen molar-refractivity contribution in [2.75, 3.05) is 43.4 Å². The molecular formula is C24H31N5OS. The number of piperazine rings is 1. The largest absolute Gasteiger partial charge is 0.369 e. The van der Waals surface area contributed by atoms with Crippen molar-refractivity contribution in [3.63, 3.8) is 0 Å². The molecule has 2 aromatic heterocycles. The molecule has 0 unspecified atom stereocenters. The predicted molar refractivity (Wildman–Crippen MR) is 130 cm³/mol. The van der Waals surface area contributed by atoms with Gasteiger partial charge in [-0.15, -0.1) is 11.3 Å². The lowest BCUT2D eigenvalue weighted by atomic mass is 9.95. The van der Waals surface area contributed by atoms with E-state index in [2.05, 4.69) is 55.1 Å². The second-order valence-electron chi connectivity index (χ2n) is 9.41. The molecule has 1 N–H and O–H groups in total. The first-order valence-electron chi connectivity index (χ1n) is 10.8. The minimum absolute atomic E-state index is 0.0930. The molecule has 0 atom stereocenters. The third kappa shape index (κ3) is 4.43. The maximum absolute atomic E-state index is 13.1. The van der Waals surface area contributed by atoms with Crippen molar-refractivity contribution >= 4 is 38.8 Å². The van der Waals surface area contributed by atoms with Crippen LogP contribution in [0.1, 0.15) is 47.5 Å². The molecule has 3 heterocycles. The highest BCUT2D eigenvalue weighted by Gasteiger charge is 2.23. The molecule has 4 rings (SSSR count). The van der Waals surface area contributed by atoms with Gasteiger partial charge in [0.15, 0.2) is 0 Å². The molecular weight excluding hydrogens is 406 g/mol. The van der Waals surface area contributed by atoms with Gasteiger partial charge in [-0.3, -0.25) is 4.79 Å². The summed E-state index contributed by atoms with van der Waals surface area (Å²) in [6, 6.07) is 8.14. The monoisotopic (exact) mass is 437 g/mol. The Morgan fingerprint density at radius 2 is 1.68 bits per heavy atom. The van der Waals surface area contributed by atoms with E-state index in [0.717, 1.165) is 59.2 Å². The van der Waals surface area contributed by atoms with Gasteiger partial charge in [0.2, 0.25) is 0 Å². The van der Waals surface area contributed by atoms with Crippen LogP contribution in [0.15, 0.2) is 24.3 Å². The number of amides is 1. The Morgan fingerprint density at radius 3 is 2.29 bits per heavy atom. The summed E-state index contributed by atoms with van der Waals surface area (Å²) in [5.74, 6) is 0.717. The van der Waals surface area contributed by atoms with Gasteiger partial charge in [0.25, 0.3) is 5.91 Å². The first-order valence-corrected chi connectivity index (χ1v) is 11.6. The molecule has 1 saturated heterocycles. The Kier molecular flexibility index (Phi) is 5.75. The number of carbonyl (C=O) groups is 1. The van der Waals surface area contributed by atoms with Gasteiger partial charge in [-0.1, -0.05) is 20.8 Å². The lowest BCUT2D eigenvalue weighted by Gasteiger charge is -2.34. The number of thiophene rings is 1. The Bertz CT molecular complexity index is 1110. The van der Waals surface area contributed by atoms with Crippen molar-refractivity contribution in [2.24, 2.45) is 0 Å². The molecule has 164 valence electrons. The third-order valence-corrected chi connectivity index (χ3v) is 7.03. The van der Waals surface area contributed by atoms with Crippen LogP contribution >= 0.6 is 11.3 Å². The Labute approximate surface area is 188 Å². The van der Waals surface area contributed by atoms with E-state index in [-0.39, 0.29) is 11.3 Å². The van der Waals surface area contributed by atoms with E-state index in [1.165, 1.54) is 17.0 Å². The van der Waals surface area contributed by atoms with Crippen LogP contribution in [0.2, 0.25) is 0 Å². The number of rotatable bonds is 3. The molecule has 1 amide bonds. The molecule has 31 heavy (non-hydrogen) atoms. The normalized spacial score (nSPS) is 15.5. The first-order chi connectivity index (χ1) is 14.6. The number of carbonyl (C=O) groups excluding carboxylic acids is 1. The van der Waals surface area contributed by atoms with E-state index in [0.29, 0.717) is 4.88 Å². The van der Waals surface area contributed by atoms with Crippen molar-refractivity contribution in [1.82, 2.24) is 14.9 Å². The highest BCUT2D eigenvalue weighted by Crippen LogP contribution is 2.33. The summed E-state index contributed by atoms with van der Waals surface area (Å²) in [5.41, 5.74) is 3.75. The fourth-order valence-electron chi connectivity index (χ4n) is 3.90. The molecule has 1 fully saturated rings. The Morgan fingerprint density at radius 1 is 1.03 bits per heavy atom. The minimum atomic E-state index is -0.134. The number of benzene rings is 1. The van der Waals surface area contributed by atoms with Crippen molar-refractivity contribution in [3.05, 3.63) is 46.2 Å². The highest BCUT2D eigenvalue weighted by atomic mass is 32.1. The average molecular weight is 438 g/mol. The molecule has 1 aliphatic rings. The number of aromatic nitrogens is 2. The van der Waals surface area contributed by atoms with Gasteiger partial charge >= 0.3 is 0 Å². The van der Waals surface area contributed by atoms with Gasteiger partial charge in [-0.2, -0.15) is 0 Å². The van der Waals surface area contributed by atoms with E-state index in [9.17, 15) is 4.79 Å². The lowest BCUT2D eigenvalue weighted by molar-refractivity contribution is 0.103. The average Bonchev–Trinajstić information content (AvgIpc) is 3.06. The maximum atomic E-state index is 13.1. The van der Waals surface area contributed by atoms with Crippen LogP contribution < -0.4 is 10.2 Å². The predicted octanol–water partition coefficient (Wildman–Crippen LogP) is 4.61. The lowest BCUT2D eigenvalue weighted by Crippen LogP contribution is -2.44. The van der Waals surface area contributed by atoms with Gasteiger partial charge in [0, 0.05) is 48.4 Å². The van der Waals surface area contributed by atoms with Crippen LogP contribution in [0.4, 0.5) is 11.4 Å². The van der Waals surface area contributed by atoms with Crippen LogP contribution in [-0.2, 0) is 5.41 Å². The SMILES string of the molecule is Cc1nc(C(C)(C)C)nc2sc(C(=O)Nc3ccc(N4CCN(C)CC4)cc3)c(C)c12. The highest BCUT2D eigenvalue weighted by molar-refractivity contribution is 7.20. The summed E-state index contributed by atoms with van der Waals surface area (Å²) < 4.78 is 0. The number of anilines is 2. The number of aryl methyl sites for hydroxylation is 2. The molecule has 1 aromatic carbocycles. The van der Waals surface area contributed by atoms with Crippen molar-refractivity contribution in [2.45, 2.75) is 40.0 Å². The van der Waals surface area contributed by atoms with Crippen molar-refractivity contribution in [3.8, 4) is 0 Å². The summed E-state index contributed by atoms with van der Waals surface area (Å²) in [7, 11) is 2.16. The molecule has 3 aromatic rings. The van der Waals surface area contributed by atoms with Gasteiger partial charge in [-0.05, 0) is 50.7 Å². The molecule has 0 aliphatic carbocycles. The fourth-order valence-corrected chi connectivity index (χ4v) is 5.03. The number of nitrogens with zero attached hydrogens (tertiary/aromatic N) is 4. The zero-order valence-corrected chi connectivity index (χ0v) is 20.1. The minimum Gasteiger partial charge on any atom is -0.369 e. The van der Waals surface area contributed by atoms with Crippen molar-refractivity contribution < 1.29 is 4.79 Å². The van der Waals surface area contributed by atoms with Crippen LogP contribution in [0.5, 0.6) is 0 Å². The molecule has 1 aliphatic heterocycles. The number of hydrogen-bond acceptors (Lipinski definition) is 6. The second kappa shape index (κ2) is 8.20. The zero-order valence-electron chi connectivity index (χ0n) is 19.2. The first kappa shape index (κ1) is 21.7. The number of hydrogen-bond donors (Lipinski definition) is 1. The summed E-state index contributed by atoms with van der Waals surface area (Å²) in [6.07, 6.45) is 0. The molecule has 0 spiro atoms. The fraction of sp³-hybridized carbons (Fsp3) is 0.458. The van der Waals surface area contributed by atoms with E-state index in [1.54, 1.807) is 0 Å². The quantitative estimate of drug-likeness (QED) is 0.648. The van der Waals surface area contributed by atoms with Gasteiger partial charge in [0.05, 0.1) is 10.6 Å². The zero-order chi connectivity index (χ0) is 22.3. The second-order valence-corrected chi connectivity index (χ2v) is 10.4. The van der Waals surface area contributed by atoms with Crippen LogP contribution in [0.25, 0.3) is 10.2 Å². The standard InChI is InChI=1S/C24H31N5OS/c1-15-19-16(2)25-23(24(3,4)5)27-22(19)31-20(15)21(30)26-17-7-9-18(10-8-17)29-13-11-28(6)12-14-29/h7-10H,11-14H2,1-6H3,(H,26,30). The third-order valence-electron chi connectivity index (χ3n) is 5.84. The molecule has 0 radical (unpaired) electrons. The molecule has 0 saturated carbocycles. The van der Waals surface area contributed by atoms with E-state index < -0.39 is 0 Å². The summed E-state index contributed by atoms with van der Waals surface area (Å²) >= 11 is 1.45. The smallest absolute Gasteiger partial charge is 0.266 e. The Balaban J connectivity index is 1.54. The van der Waals surface area contributed by atoms with Gasteiger partial charge in [-0.25, -0.2) is 9.97 Å². The molecule has 0 bridgehead atoms. The topological polar surface area (TPSA) is 61.4 Å². The van der Waals surface area contributed by atoms with Crippen molar-refractivity contribution in [1.29, 1.82) is 0 Å². The summed E-state index contributed by atoms with van der Waals surface area (Å²) in [6.45, 7) is 14.5. The molecule has 7 heteroatoms. The summed E-state index contributed by atoms with van der Waals surface area (Å²) in [5, 5.41) is 4.05. The van der Waals surface area contributed by atoms with Crippen LogP contribution in [0.3, 0.4) is 0 Å². The molecule has 6 nitrogen and oxygen atoms in total. The van der Waals surface area contributed by atoms with E-state index in [1.807, 2.05) is 26.0 Å². The van der Waals surface area contributed by atoms with Gasteiger partial charge in [0.1, 0.15) is 10.7 Å².